The van der Waals surface area contributed by atoms with Gasteiger partial charge in [-0.2, -0.15) is 0 Å². The maximum atomic E-state index is 12.6. The first-order valence-electron chi connectivity index (χ1n) is 6.99. The van der Waals surface area contributed by atoms with Gasteiger partial charge in [0.1, 0.15) is 0 Å². The molecule has 4 heteroatoms. The van der Waals surface area contributed by atoms with E-state index in [0.29, 0.717) is 18.7 Å². The molecule has 0 bridgehead atoms. The van der Waals surface area contributed by atoms with Crippen molar-refractivity contribution in [3.05, 3.63) is 33.2 Å². The molecule has 1 heterocycles. The normalized spacial score (nSPS) is 15.4. The molecule has 1 aliphatic rings. The lowest BCUT2D eigenvalue weighted by Crippen LogP contribution is -2.40. The van der Waals surface area contributed by atoms with Gasteiger partial charge in [-0.15, -0.1) is 0 Å². The first-order valence-corrected chi connectivity index (χ1v) is 6.99. The molecule has 2 rings (SSSR count). The van der Waals surface area contributed by atoms with Gasteiger partial charge in [0.15, 0.2) is 0 Å². The molecule has 0 fully saturated rings. The number of hydrogen-bond donors (Lipinski definition) is 1. The van der Waals surface area contributed by atoms with E-state index in [-0.39, 0.29) is 5.56 Å². The molecule has 2 N–H and O–H groups in total. The summed E-state index contributed by atoms with van der Waals surface area (Å²) in [6.45, 7) is 4.95. The standard InChI is InChI=1S/C15H24N2O2/c1-15(2,16)12-10-11-6-4-5-7-13(11)17(14(12)18)8-9-19-3/h10H,4-9,16H2,1-3H3. The van der Waals surface area contributed by atoms with Gasteiger partial charge in [0.2, 0.25) is 0 Å². The van der Waals surface area contributed by atoms with Gasteiger partial charge in [-0.05, 0) is 51.2 Å². The number of nitrogens with two attached hydrogens (primary N) is 1. The Morgan fingerprint density at radius 1 is 1.37 bits per heavy atom. The average molecular weight is 264 g/mol. The highest BCUT2D eigenvalue weighted by Crippen LogP contribution is 2.23. The Labute approximate surface area is 114 Å². The SMILES string of the molecule is COCCn1c2c(cc(C(C)(C)N)c1=O)CCCC2. The number of aromatic nitrogens is 1. The van der Waals surface area contributed by atoms with E-state index in [4.69, 9.17) is 10.5 Å². The number of rotatable bonds is 4. The number of fused-ring (bicyclic) bond motifs is 1. The summed E-state index contributed by atoms with van der Waals surface area (Å²) in [5.74, 6) is 0. The highest BCUT2D eigenvalue weighted by Gasteiger charge is 2.24. The van der Waals surface area contributed by atoms with Crippen molar-refractivity contribution >= 4 is 0 Å². The van der Waals surface area contributed by atoms with Crippen molar-refractivity contribution in [2.45, 2.75) is 51.6 Å². The monoisotopic (exact) mass is 264 g/mol. The lowest BCUT2D eigenvalue weighted by atomic mass is 9.89. The molecule has 0 spiro atoms. The van der Waals surface area contributed by atoms with Gasteiger partial charge in [-0.25, -0.2) is 0 Å². The van der Waals surface area contributed by atoms with E-state index in [2.05, 4.69) is 0 Å². The van der Waals surface area contributed by atoms with Crippen LogP contribution < -0.4 is 11.3 Å². The van der Waals surface area contributed by atoms with E-state index in [1.165, 1.54) is 17.7 Å². The fourth-order valence-corrected chi connectivity index (χ4v) is 2.76. The molecule has 0 aliphatic heterocycles. The largest absolute Gasteiger partial charge is 0.383 e. The van der Waals surface area contributed by atoms with Crippen molar-refractivity contribution in [2.75, 3.05) is 13.7 Å². The summed E-state index contributed by atoms with van der Waals surface area (Å²) in [6, 6.07) is 2.03. The molecule has 1 aromatic heterocycles. The van der Waals surface area contributed by atoms with Crippen molar-refractivity contribution in [3.8, 4) is 0 Å². The van der Waals surface area contributed by atoms with Crippen LogP contribution in [0, 0.1) is 0 Å². The van der Waals surface area contributed by atoms with E-state index in [0.717, 1.165) is 19.3 Å². The quantitative estimate of drug-likeness (QED) is 0.898. The minimum atomic E-state index is -0.599. The van der Waals surface area contributed by atoms with Crippen LogP contribution in [0.3, 0.4) is 0 Å². The minimum Gasteiger partial charge on any atom is -0.383 e. The molecule has 1 aromatic rings. The smallest absolute Gasteiger partial charge is 0.255 e. The number of nitrogens with zero attached hydrogens (tertiary/aromatic N) is 1. The lowest BCUT2D eigenvalue weighted by molar-refractivity contribution is 0.184. The Balaban J connectivity index is 2.57. The van der Waals surface area contributed by atoms with Crippen molar-refractivity contribution in [2.24, 2.45) is 5.73 Å². The van der Waals surface area contributed by atoms with Gasteiger partial charge in [0.25, 0.3) is 5.56 Å². The number of ether oxygens (including phenoxy) is 1. The summed E-state index contributed by atoms with van der Waals surface area (Å²) in [6.07, 6.45) is 4.38. The Morgan fingerprint density at radius 2 is 2.05 bits per heavy atom. The third-order valence-electron chi connectivity index (χ3n) is 3.81. The van der Waals surface area contributed by atoms with Crippen LogP contribution in [0.1, 0.15) is 43.5 Å². The van der Waals surface area contributed by atoms with E-state index < -0.39 is 5.54 Å². The minimum absolute atomic E-state index is 0.0465. The summed E-state index contributed by atoms with van der Waals surface area (Å²) in [7, 11) is 1.66. The molecule has 19 heavy (non-hydrogen) atoms. The second kappa shape index (κ2) is 5.47. The molecule has 0 saturated carbocycles. The predicted octanol–water partition coefficient (Wildman–Crippen LogP) is 1.57. The maximum Gasteiger partial charge on any atom is 0.255 e. The molecule has 106 valence electrons. The number of methoxy groups -OCH3 is 1. The molecule has 0 amide bonds. The van der Waals surface area contributed by atoms with Crippen molar-refractivity contribution in [3.63, 3.8) is 0 Å². The topological polar surface area (TPSA) is 57.2 Å². The predicted molar refractivity (Wildman–Crippen MR) is 76.4 cm³/mol. The van der Waals surface area contributed by atoms with Crippen LogP contribution in [0.5, 0.6) is 0 Å². The van der Waals surface area contributed by atoms with Crippen LogP contribution in [-0.2, 0) is 29.7 Å². The summed E-state index contributed by atoms with van der Waals surface area (Å²) in [5, 5.41) is 0. The Morgan fingerprint density at radius 3 is 2.68 bits per heavy atom. The molecule has 0 radical (unpaired) electrons. The van der Waals surface area contributed by atoms with Gasteiger partial charge in [0.05, 0.1) is 6.61 Å². The maximum absolute atomic E-state index is 12.6. The van der Waals surface area contributed by atoms with Gasteiger partial charge < -0.3 is 15.0 Å². The third kappa shape index (κ3) is 2.90. The highest BCUT2D eigenvalue weighted by atomic mass is 16.5. The zero-order chi connectivity index (χ0) is 14.0. The van der Waals surface area contributed by atoms with Crippen LogP contribution in [-0.4, -0.2) is 18.3 Å². The Kier molecular flexibility index (Phi) is 4.11. The fourth-order valence-electron chi connectivity index (χ4n) is 2.76. The van der Waals surface area contributed by atoms with Crippen molar-refractivity contribution in [1.82, 2.24) is 4.57 Å². The summed E-state index contributed by atoms with van der Waals surface area (Å²) < 4.78 is 7.00. The van der Waals surface area contributed by atoms with E-state index in [1.54, 1.807) is 7.11 Å². The molecule has 4 nitrogen and oxygen atoms in total. The first-order chi connectivity index (χ1) is 8.95. The van der Waals surface area contributed by atoms with Gasteiger partial charge in [-0.1, -0.05) is 0 Å². The summed E-state index contributed by atoms with van der Waals surface area (Å²) in [4.78, 5) is 12.6. The van der Waals surface area contributed by atoms with E-state index in [1.807, 2.05) is 24.5 Å². The van der Waals surface area contributed by atoms with Crippen LogP contribution in [0.4, 0.5) is 0 Å². The second-order valence-electron chi connectivity index (χ2n) is 5.91. The molecule has 0 atom stereocenters. The number of hydrogen-bond acceptors (Lipinski definition) is 3. The lowest BCUT2D eigenvalue weighted by Gasteiger charge is -2.26. The molecule has 0 aromatic carbocycles. The van der Waals surface area contributed by atoms with Crippen LogP contribution in [0.15, 0.2) is 10.9 Å². The average Bonchev–Trinajstić information content (AvgIpc) is 2.36. The molecular formula is C15H24N2O2. The first kappa shape index (κ1) is 14.3. The number of pyridine rings is 1. The Hall–Kier alpha value is -1.13. The van der Waals surface area contributed by atoms with E-state index in [9.17, 15) is 4.79 Å². The third-order valence-corrected chi connectivity index (χ3v) is 3.81. The zero-order valence-corrected chi connectivity index (χ0v) is 12.2. The van der Waals surface area contributed by atoms with Crippen LogP contribution in [0.25, 0.3) is 0 Å². The fraction of sp³-hybridized carbons (Fsp3) is 0.667. The molecule has 0 saturated heterocycles. The van der Waals surface area contributed by atoms with Crippen LogP contribution in [0.2, 0.25) is 0 Å². The van der Waals surface area contributed by atoms with E-state index >= 15 is 0 Å². The van der Waals surface area contributed by atoms with Crippen molar-refractivity contribution in [1.29, 1.82) is 0 Å². The zero-order valence-electron chi connectivity index (χ0n) is 12.2. The molecule has 1 aliphatic carbocycles. The van der Waals surface area contributed by atoms with Gasteiger partial charge >= 0.3 is 0 Å². The summed E-state index contributed by atoms with van der Waals surface area (Å²) >= 11 is 0. The van der Waals surface area contributed by atoms with Gasteiger partial charge in [-0.3, -0.25) is 4.79 Å². The van der Waals surface area contributed by atoms with Gasteiger partial charge in [0, 0.05) is 30.5 Å². The summed E-state index contributed by atoms with van der Waals surface area (Å²) in [5.41, 5.74) is 8.77. The number of aryl methyl sites for hydroxylation is 1. The van der Waals surface area contributed by atoms with Crippen LogP contribution >= 0.6 is 0 Å². The highest BCUT2D eigenvalue weighted by molar-refractivity contribution is 5.32. The molecule has 0 unspecified atom stereocenters. The second-order valence-corrected chi connectivity index (χ2v) is 5.91. The van der Waals surface area contributed by atoms with Crippen molar-refractivity contribution < 1.29 is 4.74 Å². The Bertz CT molecular complexity index is 512. The molecular weight excluding hydrogens is 240 g/mol.